The number of nitrogens with zero attached hydrogens (tertiary/aromatic N) is 2. The van der Waals surface area contributed by atoms with Crippen molar-refractivity contribution < 1.29 is 0 Å². The molecule has 0 aliphatic heterocycles. The molecule has 1 unspecified atom stereocenters. The van der Waals surface area contributed by atoms with Crippen LogP contribution in [0.4, 0.5) is 0 Å². The minimum absolute atomic E-state index is 0.0380. The molecule has 0 radical (unpaired) electrons. The van der Waals surface area contributed by atoms with Crippen molar-refractivity contribution in [3.63, 3.8) is 0 Å². The molecule has 0 bridgehead atoms. The molecular formula is C18H21N3. The average molecular weight is 279 g/mol. The van der Waals surface area contributed by atoms with Gasteiger partial charge in [-0.05, 0) is 23.6 Å². The van der Waals surface area contributed by atoms with E-state index in [4.69, 9.17) is 5.73 Å². The number of nitrogens with two attached hydrogens (primary N) is 1. The third kappa shape index (κ3) is 2.98. The summed E-state index contributed by atoms with van der Waals surface area (Å²) in [5.74, 6) is 0. The summed E-state index contributed by atoms with van der Waals surface area (Å²) in [4.78, 5) is 0. The minimum Gasteiger partial charge on any atom is -0.322 e. The smallest absolute Gasteiger partial charge is 0.0683 e. The van der Waals surface area contributed by atoms with Crippen LogP contribution in [0.2, 0.25) is 0 Å². The number of fused-ring (bicyclic) bond motifs is 1. The van der Waals surface area contributed by atoms with Crippen LogP contribution in [0.3, 0.4) is 0 Å². The van der Waals surface area contributed by atoms with Crippen molar-refractivity contribution in [3.8, 4) is 0 Å². The van der Waals surface area contributed by atoms with Crippen molar-refractivity contribution >= 4 is 10.9 Å². The number of aryl methyl sites for hydroxylation is 1. The quantitative estimate of drug-likeness (QED) is 0.774. The van der Waals surface area contributed by atoms with Crippen LogP contribution in [0.25, 0.3) is 10.9 Å². The van der Waals surface area contributed by atoms with Gasteiger partial charge in [0.25, 0.3) is 0 Å². The van der Waals surface area contributed by atoms with Crippen LogP contribution in [0.5, 0.6) is 0 Å². The third-order valence-corrected chi connectivity index (χ3v) is 3.87. The summed E-state index contributed by atoms with van der Waals surface area (Å²) in [7, 11) is 0. The van der Waals surface area contributed by atoms with Crippen LogP contribution >= 0.6 is 0 Å². The molecule has 2 aromatic carbocycles. The van der Waals surface area contributed by atoms with Crippen LogP contribution in [-0.4, -0.2) is 9.78 Å². The summed E-state index contributed by atoms with van der Waals surface area (Å²) in [5, 5.41) is 5.60. The Hall–Kier alpha value is -2.13. The Labute approximate surface area is 125 Å². The highest BCUT2D eigenvalue weighted by molar-refractivity contribution is 5.78. The van der Waals surface area contributed by atoms with E-state index in [-0.39, 0.29) is 6.04 Å². The SMILES string of the molecule is CCCc1ccc(C(N)Cn2ncc3ccccc32)cc1. The third-order valence-electron chi connectivity index (χ3n) is 3.87. The maximum Gasteiger partial charge on any atom is 0.0683 e. The number of rotatable bonds is 5. The van der Waals surface area contributed by atoms with Gasteiger partial charge >= 0.3 is 0 Å². The van der Waals surface area contributed by atoms with Crippen LogP contribution in [0.15, 0.2) is 54.7 Å². The van der Waals surface area contributed by atoms with Gasteiger partial charge in [0.2, 0.25) is 0 Å². The highest BCUT2D eigenvalue weighted by atomic mass is 15.3. The monoisotopic (exact) mass is 279 g/mol. The summed E-state index contributed by atoms with van der Waals surface area (Å²) >= 11 is 0. The summed E-state index contributed by atoms with van der Waals surface area (Å²) in [5.41, 5.74) is 10.0. The van der Waals surface area contributed by atoms with E-state index in [1.807, 2.05) is 23.0 Å². The average Bonchev–Trinajstić information content (AvgIpc) is 2.92. The van der Waals surface area contributed by atoms with Crippen molar-refractivity contribution in [2.24, 2.45) is 5.73 Å². The zero-order valence-corrected chi connectivity index (χ0v) is 12.4. The lowest BCUT2D eigenvalue weighted by atomic mass is 10.0. The summed E-state index contributed by atoms with van der Waals surface area (Å²) in [6.45, 7) is 2.89. The van der Waals surface area contributed by atoms with E-state index in [9.17, 15) is 0 Å². The summed E-state index contributed by atoms with van der Waals surface area (Å²) < 4.78 is 1.99. The van der Waals surface area contributed by atoms with Gasteiger partial charge < -0.3 is 5.73 Å². The van der Waals surface area contributed by atoms with Crippen LogP contribution in [0, 0.1) is 0 Å². The molecule has 1 aromatic heterocycles. The van der Waals surface area contributed by atoms with E-state index >= 15 is 0 Å². The van der Waals surface area contributed by atoms with Gasteiger partial charge in [0.05, 0.1) is 18.3 Å². The first-order chi connectivity index (χ1) is 10.3. The first kappa shape index (κ1) is 13.8. The number of benzene rings is 2. The molecule has 1 atom stereocenters. The van der Waals surface area contributed by atoms with E-state index in [1.54, 1.807) is 0 Å². The second-order valence-corrected chi connectivity index (χ2v) is 5.48. The lowest BCUT2D eigenvalue weighted by Gasteiger charge is -2.13. The fourth-order valence-electron chi connectivity index (χ4n) is 2.68. The second-order valence-electron chi connectivity index (χ2n) is 5.48. The molecule has 0 fully saturated rings. The van der Waals surface area contributed by atoms with Gasteiger partial charge in [0, 0.05) is 11.4 Å². The van der Waals surface area contributed by atoms with Gasteiger partial charge in [0.15, 0.2) is 0 Å². The van der Waals surface area contributed by atoms with Gasteiger partial charge in [-0.15, -0.1) is 0 Å². The molecule has 3 rings (SSSR count). The molecule has 0 saturated carbocycles. The van der Waals surface area contributed by atoms with Crippen molar-refractivity contribution in [1.82, 2.24) is 9.78 Å². The Kier molecular flexibility index (Phi) is 4.02. The molecule has 2 N–H and O–H groups in total. The van der Waals surface area contributed by atoms with Gasteiger partial charge in [-0.25, -0.2) is 0 Å². The van der Waals surface area contributed by atoms with E-state index in [2.05, 4.69) is 48.4 Å². The molecule has 0 spiro atoms. The van der Waals surface area contributed by atoms with Crippen molar-refractivity contribution in [2.45, 2.75) is 32.4 Å². The molecule has 3 nitrogen and oxygen atoms in total. The topological polar surface area (TPSA) is 43.8 Å². The highest BCUT2D eigenvalue weighted by Gasteiger charge is 2.09. The molecule has 0 saturated heterocycles. The second kappa shape index (κ2) is 6.10. The molecule has 0 aliphatic rings. The lowest BCUT2D eigenvalue weighted by Crippen LogP contribution is -2.18. The highest BCUT2D eigenvalue weighted by Crippen LogP contribution is 2.18. The van der Waals surface area contributed by atoms with Crippen molar-refractivity contribution in [2.75, 3.05) is 0 Å². The van der Waals surface area contributed by atoms with Crippen molar-refractivity contribution in [1.29, 1.82) is 0 Å². The molecule has 3 aromatic rings. The normalized spacial score (nSPS) is 12.7. The maximum absolute atomic E-state index is 6.34. The number of hydrogen-bond donors (Lipinski definition) is 1. The fraction of sp³-hybridized carbons (Fsp3) is 0.278. The standard InChI is InChI=1S/C18H21N3/c1-2-5-14-8-10-15(11-9-14)17(19)13-21-18-7-4-3-6-16(18)12-20-21/h3-4,6-12,17H,2,5,13,19H2,1H3. The molecule has 1 heterocycles. The predicted octanol–water partition coefficient (Wildman–Crippen LogP) is 3.69. The molecule has 0 amide bonds. The van der Waals surface area contributed by atoms with E-state index in [0.29, 0.717) is 6.54 Å². The number of aromatic nitrogens is 2. The lowest BCUT2D eigenvalue weighted by molar-refractivity contribution is 0.541. The Morgan fingerprint density at radius 1 is 1.10 bits per heavy atom. The van der Waals surface area contributed by atoms with Gasteiger partial charge in [-0.3, -0.25) is 4.68 Å². The Morgan fingerprint density at radius 3 is 2.62 bits per heavy atom. The van der Waals surface area contributed by atoms with Crippen molar-refractivity contribution in [3.05, 3.63) is 65.9 Å². The van der Waals surface area contributed by atoms with Gasteiger partial charge in [-0.2, -0.15) is 5.10 Å². The molecular weight excluding hydrogens is 258 g/mol. The molecule has 108 valence electrons. The Balaban J connectivity index is 1.77. The van der Waals surface area contributed by atoms with Gasteiger partial charge in [-0.1, -0.05) is 55.8 Å². The van der Waals surface area contributed by atoms with E-state index in [0.717, 1.165) is 22.9 Å². The zero-order valence-electron chi connectivity index (χ0n) is 12.4. The predicted molar refractivity (Wildman–Crippen MR) is 87.1 cm³/mol. The fourth-order valence-corrected chi connectivity index (χ4v) is 2.68. The largest absolute Gasteiger partial charge is 0.322 e. The molecule has 3 heteroatoms. The first-order valence-corrected chi connectivity index (χ1v) is 7.53. The van der Waals surface area contributed by atoms with E-state index < -0.39 is 0 Å². The molecule has 0 aliphatic carbocycles. The Bertz CT molecular complexity index is 713. The molecule has 21 heavy (non-hydrogen) atoms. The minimum atomic E-state index is -0.0380. The number of hydrogen-bond acceptors (Lipinski definition) is 2. The number of para-hydroxylation sites is 1. The first-order valence-electron chi connectivity index (χ1n) is 7.53. The van der Waals surface area contributed by atoms with E-state index in [1.165, 1.54) is 12.0 Å². The Morgan fingerprint density at radius 2 is 1.86 bits per heavy atom. The van der Waals surface area contributed by atoms with Crippen LogP contribution < -0.4 is 5.73 Å². The summed E-state index contributed by atoms with van der Waals surface area (Å²) in [6, 6.07) is 16.8. The van der Waals surface area contributed by atoms with Gasteiger partial charge in [0.1, 0.15) is 0 Å². The summed E-state index contributed by atoms with van der Waals surface area (Å²) in [6.07, 6.45) is 4.19. The van der Waals surface area contributed by atoms with Crippen LogP contribution in [-0.2, 0) is 13.0 Å². The zero-order chi connectivity index (χ0) is 14.7. The maximum atomic E-state index is 6.34. The van der Waals surface area contributed by atoms with Crippen LogP contribution in [0.1, 0.15) is 30.5 Å².